The lowest BCUT2D eigenvalue weighted by molar-refractivity contribution is 0.102. The molecular weight excluding hydrogens is 288 g/mol. The van der Waals surface area contributed by atoms with Crippen molar-refractivity contribution in [3.63, 3.8) is 0 Å². The number of hydrogen-bond donors (Lipinski definition) is 1. The fourth-order valence-electron chi connectivity index (χ4n) is 1.23. The molecule has 0 fully saturated rings. The molecule has 0 aliphatic heterocycles. The predicted octanol–water partition coefficient (Wildman–Crippen LogP) is 3.47. The lowest BCUT2D eigenvalue weighted by atomic mass is 10.3. The van der Waals surface area contributed by atoms with Crippen LogP contribution < -0.4 is 5.32 Å². The van der Waals surface area contributed by atoms with Crippen molar-refractivity contribution >= 4 is 38.9 Å². The quantitative estimate of drug-likeness (QED) is 0.922. The predicted molar refractivity (Wildman–Crippen MR) is 68.9 cm³/mol. The zero-order chi connectivity index (χ0) is 11.5. The van der Waals surface area contributed by atoms with Gasteiger partial charge < -0.3 is 5.32 Å². The Morgan fingerprint density at radius 1 is 1.50 bits per heavy atom. The summed E-state index contributed by atoms with van der Waals surface area (Å²) in [4.78, 5) is 15.9. The van der Waals surface area contributed by atoms with Crippen LogP contribution in [0.1, 0.15) is 15.5 Å². The Morgan fingerprint density at radius 3 is 2.94 bits per heavy atom. The third kappa shape index (κ3) is 2.68. The summed E-state index contributed by atoms with van der Waals surface area (Å²) in [6.07, 6.45) is 0. The van der Waals surface area contributed by atoms with Gasteiger partial charge in [-0.1, -0.05) is 22.0 Å². The molecule has 2 rings (SSSR count). The third-order valence-corrected chi connectivity index (χ3v) is 3.20. The largest absolute Gasteiger partial charge is 0.321 e. The van der Waals surface area contributed by atoms with Crippen LogP contribution in [0.2, 0.25) is 0 Å². The van der Waals surface area contributed by atoms with Crippen LogP contribution in [0.3, 0.4) is 0 Å². The number of benzene rings is 1. The Labute approximate surface area is 106 Å². The Hall–Kier alpha value is -1.20. The van der Waals surface area contributed by atoms with Gasteiger partial charge in [0.15, 0.2) is 0 Å². The van der Waals surface area contributed by atoms with E-state index >= 15 is 0 Å². The molecule has 1 heterocycles. The first-order valence-corrected chi connectivity index (χ1v) is 6.31. The first kappa shape index (κ1) is 11.3. The normalized spacial score (nSPS) is 10.1. The molecule has 0 aliphatic rings. The second-order valence-electron chi connectivity index (χ2n) is 3.22. The number of aryl methyl sites for hydroxylation is 1. The van der Waals surface area contributed by atoms with Crippen molar-refractivity contribution < 1.29 is 4.79 Å². The average Bonchev–Trinajstić information content (AvgIpc) is 2.65. The fourth-order valence-corrected chi connectivity index (χ4v) is 2.22. The number of amides is 1. The molecule has 1 amide bonds. The Balaban J connectivity index is 2.13. The number of rotatable bonds is 2. The molecular formula is C11H9BrN2OS. The van der Waals surface area contributed by atoms with Crippen LogP contribution in [0.5, 0.6) is 0 Å². The molecule has 16 heavy (non-hydrogen) atoms. The first-order valence-electron chi connectivity index (χ1n) is 4.64. The number of halogens is 1. The molecule has 0 spiro atoms. The molecule has 0 saturated heterocycles. The van der Waals surface area contributed by atoms with Crippen LogP contribution in [-0.2, 0) is 0 Å². The first-order chi connectivity index (χ1) is 7.65. The molecule has 0 aliphatic carbocycles. The van der Waals surface area contributed by atoms with Crippen LogP contribution >= 0.6 is 27.3 Å². The van der Waals surface area contributed by atoms with Crippen LogP contribution in [-0.4, -0.2) is 10.9 Å². The van der Waals surface area contributed by atoms with Crippen LogP contribution in [0.15, 0.2) is 34.1 Å². The van der Waals surface area contributed by atoms with Gasteiger partial charge in [0.1, 0.15) is 5.69 Å². The Kier molecular flexibility index (Phi) is 3.36. The van der Waals surface area contributed by atoms with E-state index in [2.05, 4.69) is 26.2 Å². The highest BCUT2D eigenvalue weighted by Gasteiger charge is 2.09. The van der Waals surface area contributed by atoms with Crippen molar-refractivity contribution in [2.24, 2.45) is 0 Å². The number of thiazole rings is 1. The van der Waals surface area contributed by atoms with Gasteiger partial charge in [-0.05, 0) is 25.1 Å². The SMILES string of the molecule is Cc1nc(C(=O)Nc2cccc(Br)c2)cs1. The second kappa shape index (κ2) is 4.76. The average molecular weight is 297 g/mol. The van der Waals surface area contributed by atoms with Gasteiger partial charge in [0.2, 0.25) is 0 Å². The van der Waals surface area contributed by atoms with Gasteiger partial charge in [-0.3, -0.25) is 4.79 Å². The van der Waals surface area contributed by atoms with Gasteiger partial charge in [-0.2, -0.15) is 0 Å². The molecule has 82 valence electrons. The summed E-state index contributed by atoms with van der Waals surface area (Å²) in [7, 11) is 0. The topological polar surface area (TPSA) is 42.0 Å². The third-order valence-electron chi connectivity index (χ3n) is 1.93. The number of nitrogens with one attached hydrogen (secondary N) is 1. The molecule has 1 N–H and O–H groups in total. The van der Waals surface area contributed by atoms with Crippen molar-refractivity contribution in [3.8, 4) is 0 Å². The van der Waals surface area contributed by atoms with E-state index in [9.17, 15) is 4.79 Å². The van der Waals surface area contributed by atoms with E-state index in [4.69, 9.17) is 0 Å². The minimum absolute atomic E-state index is 0.178. The van der Waals surface area contributed by atoms with E-state index in [1.165, 1.54) is 11.3 Å². The van der Waals surface area contributed by atoms with Crippen LogP contribution in [0.25, 0.3) is 0 Å². The van der Waals surface area contributed by atoms with Crippen molar-refractivity contribution in [2.45, 2.75) is 6.92 Å². The molecule has 0 bridgehead atoms. The number of nitrogens with zero attached hydrogens (tertiary/aromatic N) is 1. The highest BCUT2D eigenvalue weighted by atomic mass is 79.9. The zero-order valence-corrected chi connectivity index (χ0v) is 10.9. The van der Waals surface area contributed by atoms with Crippen molar-refractivity contribution in [1.29, 1.82) is 0 Å². The summed E-state index contributed by atoms with van der Waals surface area (Å²) >= 11 is 4.81. The number of hydrogen-bond acceptors (Lipinski definition) is 3. The summed E-state index contributed by atoms with van der Waals surface area (Å²) in [6, 6.07) is 7.45. The maximum absolute atomic E-state index is 11.8. The maximum atomic E-state index is 11.8. The fraction of sp³-hybridized carbons (Fsp3) is 0.0909. The smallest absolute Gasteiger partial charge is 0.275 e. The highest BCUT2D eigenvalue weighted by Crippen LogP contribution is 2.17. The number of carbonyl (C=O) groups excluding carboxylic acids is 1. The molecule has 1 aromatic heterocycles. The van der Waals surface area contributed by atoms with Crippen LogP contribution in [0, 0.1) is 6.92 Å². The van der Waals surface area contributed by atoms with E-state index < -0.39 is 0 Å². The van der Waals surface area contributed by atoms with E-state index in [0.717, 1.165) is 15.2 Å². The number of aromatic nitrogens is 1. The molecule has 1 aromatic carbocycles. The monoisotopic (exact) mass is 296 g/mol. The molecule has 0 saturated carbocycles. The molecule has 0 radical (unpaired) electrons. The van der Waals surface area contributed by atoms with E-state index in [1.54, 1.807) is 5.38 Å². The van der Waals surface area contributed by atoms with Gasteiger partial charge in [-0.15, -0.1) is 11.3 Å². The highest BCUT2D eigenvalue weighted by molar-refractivity contribution is 9.10. The van der Waals surface area contributed by atoms with Crippen LogP contribution in [0.4, 0.5) is 5.69 Å². The number of carbonyl (C=O) groups is 1. The summed E-state index contributed by atoms with van der Waals surface area (Å²) in [5.41, 5.74) is 1.22. The Bertz CT molecular complexity index is 524. The zero-order valence-electron chi connectivity index (χ0n) is 8.53. The number of anilines is 1. The maximum Gasteiger partial charge on any atom is 0.275 e. The lowest BCUT2D eigenvalue weighted by Crippen LogP contribution is -2.12. The summed E-state index contributed by atoms with van der Waals surface area (Å²) in [5.74, 6) is -0.178. The van der Waals surface area contributed by atoms with E-state index in [-0.39, 0.29) is 5.91 Å². The second-order valence-corrected chi connectivity index (χ2v) is 5.19. The van der Waals surface area contributed by atoms with Crippen molar-refractivity contribution in [1.82, 2.24) is 4.98 Å². The van der Waals surface area contributed by atoms with Gasteiger partial charge in [0.05, 0.1) is 5.01 Å². The van der Waals surface area contributed by atoms with Gasteiger partial charge in [0.25, 0.3) is 5.91 Å². The standard InChI is InChI=1S/C11H9BrN2OS/c1-7-13-10(6-16-7)11(15)14-9-4-2-3-8(12)5-9/h2-6H,1H3,(H,14,15). The summed E-state index contributed by atoms with van der Waals surface area (Å²) in [6.45, 7) is 1.88. The van der Waals surface area contributed by atoms with Gasteiger partial charge in [-0.25, -0.2) is 4.98 Å². The summed E-state index contributed by atoms with van der Waals surface area (Å²) in [5, 5.41) is 5.43. The molecule has 3 nitrogen and oxygen atoms in total. The van der Waals surface area contributed by atoms with Crippen molar-refractivity contribution in [3.05, 3.63) is 44.8 Å². The van der Waals surface area contributed by atoms with Gasteiger partial charge >= 0.3 is 0 Å². The minimum atomic E-state index is -0.178. The molecule has 5 heteroatoms. The lowest BCUT2D eigenvalue weighted by Gasteiger charge is -2.02. The van der Waals surface area contributed by atoms with E-state index in [1.807, 2.05) is 31.2 Å². The van der Waals surface area contributed by atoms with E-state index in [0.29, 0.717) is 5.69 Å². The molecule has 0 atom stereocenters. The van der Waals surface area contributed by atoms with Crippen molar-refractivity contribution in [2.75, 3.05) is 5.32 Å². The van der Waals surface area contributed by atoms with Gasteiger partial charge in [0, 0.05) is 15.5 Å². The Morgan fingerprint density at radius 2 is 2.31 bits per heavy atom. The molecule has 0 unspecified atom stereocenters. The summed E-state index contributed by atoms with van der Waals surface area (Å²) < 4.78 is 0.930. The minimum Gasteiger partial charge on any atom is -0.321 e. The molecule has 2 aromatic rings.